The van der Waals surface area contributed by atoms with Gasteiger partial charge in [-0.1, -0.05) is 29.4 Å². The summed E-state index contributed by atoms with van der Waals surface area (Å²) in [6.07, 6.45) is 1.62. The fraction of sp³-hybridized carbons (Fsp3) is 0.400. The number of aryl methyl sites for hydroxylation is 1. The number of hydrogen-bond donors (Lipinski definition) is 1. The summed E-state index contributed by atoms with van der Waals surface area (Å²) in [6.45, 7) is 7.80. The highest BCUT2D eigenvalue weighted by molar-refractivity contribution is 7.99. The second-order valence-corrected chi connectivity index (χ2v) is 7.35. The number of carbonyl (C=O) groups excluding carboxylic acids is 1. The van der Waals surface area contributed by atoms with Crippen LogP contribution in [0.5, 0.6) is 0 Å². The van der Waals surface area contributed by atoms with Crippen LogP contribution in [0.4, 0.5) is 0 Å². The number of halogens is 1. The Morgan fingerprint density at radius 1 is 1.41 bits per heavy atom. The molecular weight excluding hydrogens is 320 g/mol. The van der Waals surface area contributed by atoms with Gasteiger partial charge in [-0.15, -0.1) is 10.2 Å². The molecule has 1 amide bonds. The second-order valence-electron chi connectivity index (χ2n) is 6.00. The Labute approximate surface area is 139 Å². The molecule has 0 spiro atoms. The first-order chi connectivity index (χ1) is 10.3. The van der Waals surface area contributed by atoms with Crippen molar-refractivity contribution < 1.29 is 4.79 Å². The van der Waals surface area contributed by atoms with Gasteiger partial charge in [0.25, 0.3) is 0 Å². The molecule has 0 saturated carbocycles. The third-order valence-electron chi connectivity index (χ3n) is 2.80. The molecule has 0 saturated heterocycles. The molecule has 0 aliphatic heterocycles. The van der Waals surface area contributed by atoms with Crippen molar-refractivity contribution in [3.05, 3.63) is 35.1 Å². The van der Waals surface area contributed by atoms with E-state index in [4.69, 9.17) is 11.6 Å². The van der Waals surface area contributed by atoms with Crippen LogP contribution in [-0.2, 0) is 4.79 Å². The predicted octanol–water partition coefficient (Wildman–Crippen LogP) is 3.24. The van der Waals surface area contributed by atoms with Crippen molar-refractivity contribution in [2.75, 3.05) is 5.75 Å². The molecule has 2 rings (SSSR count). The van der Waals surface area contributed by atoms with E-state index in [-0.39, 0.29) is 17.2 Å². The summed E-state index contributed by atoms with van der Waals surface area (Å²) < 4.78 is 1.82. The predicted molar refractivity (Wildman–Crippen MR) is 89.7 cm³/mol. The van der Waals surface area contributed by atoms with Crippen LogP contribution in [0.1, 0.15) is 26.3 Å². The molecule has 22 heavy (non-hydrogen) atoms. The van der Waals surface area contributed by atoms with Crippen molar-refractivity contribution in [1.29, 1.82) is 0 Å². The van der Waals surface area contributed by atoms with E-state index in [0.717, 1.165) is 11.3 Å². The number of nitrogens with zero attached hydrogens (tertiary/aromatic N) is 3. The Bertz CT molecular complexity index is 678. The number of hydrogen-bond acceptors (Lipinski definition) is 4. The Hall–Kier alpha value is -1.53. The number of amides is 1. The Morgan fingerprint density at radius 3 is 2.77 bits per heavy atom. The first-order valence-electron chi connectivity index (χ1n) is 6.86. The molecule has 0 aliphatic rings. The lowest BCUT2D eigenvalue weighted by Gasteiger charge is -2.20. The van der Waals surface area contributed by atoms with Crippen molar-refractivity contribution in [2.24, 2.45) is 0 Å². The van der Waals surface area contributed by atoms with E-state index < -0.39 is 0 Å². The van der Waals surface area contributed by atoms with Gasteiger partial charge in [0, 0.05) is 10.6 Å². The average molecular weight is 339 g/mol. The van der Waals surface area contributed by atoms with Crippen LogP contribution < -0.4 is 5.32 Å². The highest BCUT2D eigenvalue weighted by atomic mass is 35.5. The molecule has 118 valence electrons. The van der Waals surface area contributed by atoms with Crippen molar-refractivity contribution in [3.8, 4) is 5.69 Å². The highest BCUT2D eigenvalue weighted by Gasteiger charge is 2.15. The van der Waals surface area contributed by atoms with Crippen LogP contribution in [0.25, 0.3) is 5.69 Å². The van der Waals surface area contributed by atoms with Gasteiger partial charge in [-0.3, -0.25) is 9.36 Å². The molecule has 0 atom stereocenters. The van der Waals surface area contributed by atoms with Gasteiger partial charge < -0.3 is 5.32 Å². The largest absolute Gasteiger partial charge is 0.351 e. The highest BCUT2D eigenvalue weighted by Crippen LogP contribution is 2.23. The van der Waals surface area contributed by atoms with Crippen LogP contribution in [-0.4, -0.2) is 32.0 Å². The second kappa shape index (κ2) is 6.71. The third-order valence-corrected chi connectivity index (χ3v) is 4.15. The minimum absolute atomic E-state index is 0.0333. The van der Waals surface area contributed by atoms with E-state index in [1.54, 1.807) is 6.33 Å². The number of carbonyl (C=O) groups is 1. The van der Waals surface area contributed by atoms with E-state index in [2.05, 4.69) is 15.5 Å². The molecule has 2 aromatic rings. The number of aromatic nitrogens is 3. The quantitative estimate of drug-likeness (QED) is 0.869. The molecule has 0 aliphatic carbocycles. The summed E-state index contributed by atoms with van der Waals surface area (Å²) in [5, 5.41) is 12.2. The van der Waals surface area contributed by atoms with Crippen molar-refractivity contribution >= 4 is 29.3 Å². The Kier molecular flexibility index (Phi) is 5.13. The summed E-state index contributed by atoms with van der Waals surface area (Å²) in [5.41, 5.74) is 1.65. The minimum Gasteiger partial charge on any atom is -0.351 e. The van der Waals surface area contributed by atoms with Gasteiger partial charge in [0.2, 0.25) is 5.91 Å². The summed E-state index contributed by atoms with van der Waals surface area (Å²) >= 11 is 7.50. The molecular formula is C15H19ClN4OS. The van der Waals surface area contributed by atoms with Crippen molar-refractivity contribution in [1.82, 2.24) is 20.1 Å². The number of rotatable bonds is 4. The first-order valence-corrected chi connectivity index (χ1v) is 8.23. The van der Waals surface area contributed by atoms with Crippen LogP contribution in [0.15, 0.2) is 29.7 Å². The van der Waals surface area contributed by atoms with Gasteiger partial charge in [-0.25, -0.2) is 0 Å². The Balaban J connectivity index is 2.10. The fourth-order valence-electron chi connectivity index (χ4n) is 1.82. The summed E-state index contributed by atoms with van der Waals surface area (Å²) in [4.78, 5) is 11.9. The zero-order valence-electron chi connectivity index (χ0n) is 13.1. The molecule has 1 heterocycles. The standard InChI is InChI=1S/C15H19ClN4OS/c1-10-5-6-11(7-12(10)16)20-9-17-19-14(20)22-8-13(21)18-15(2,3)4/h5-7,9H,8H2,1-4H3,(H,18,21). The number of nitrogens with one attached hydrogen (secondary N) is 1. The normalized spacial score (nSPS) is 11.5. The van der Waals surface area contributed by atoms with Crippen LogP contribution in [0, 0.1) is 6.92 Å². The van der Waals surface area contributed by atoms with E-state index in [1.807, 2.05) is 50.5 Å². The van der Waals surface area contributed by atoms with Crippen LogP contribution in [0.2, 0.25) is 5.02 Å². The van der Waals surface area contributed by atoms with Gasteiger partial charge >= 0.3 is 0 Å². The summed E-state index contributed by atoms with van der Waals surface area (Å²) in [6, 6.07) is 5.75. The topological polar surface area (TPSA) is 59.8 Å². The number of thioether (sulfide) groups is 1. The van der Waals surface area contributed by atoms with Gasteiger partial charge in [0.15, 0.2) is 5.16 Å². The minimum atomic E-state index is -0.240. The lowest BCUT2D eigenvalue weighted by Crippen LogP contribution is -2.41. The van der Waals surface area contributed by atoms with Gasteiger partial charge in [-0.05, 0) is 45.4 Å². The lowest BCUT2D eigenvalue weighted by atomic mass is 10.1. The SMILES string of the molecule is Cc1ccc(-n2cnnc2SCC(=O)NC(C)(C)C)cc1Cl. The molecule has 0 unspecified atom stereocenters. The molecule has 0 radical (unpaired) electrons. The maximum Gasteiger partial charge on any atom is 0.230 e. The zero-order chi connectivity index (χ0) is 16.3. The lowest BCUT2D eigenvalue weighted by molar-refractivity contribution is -0.119. The van der Waals surface area contributed by atoms with E-state index in [9.17, 15) is 4.79 Å². The summed E-state index contributed by atoms with van der Waals surface area (Å²) in [7, 11) is 0. The summed E-state index contributed by atoms with van der Waals surface area (Å²) in [5.74, 6) is 0.254. The van der Waals surface area contributed by atoms with Gasteiger partial charge in [0.05, 0.1) is 11.4 Å². The van der Waals surface area contributed by atoms with E-state index in [1.165, 1.54) is 11.8 Å². The molecule has 0 bridgehead atoms. The fourth-order valence-corrected chi connectivity index (χ4v) is 2.72. The maximum atomic E-state index is 11.9. The third kappa shape index (κ3) is 4.48. The van der Waals surface area contributed by atoms with Crippen molar-refractivity contribution in [2.45, 2.75) is 38.4 Å². The van der Waals surface area contributed by atoms with Crippen LogP contribution in [0.3, 0.4) is 0 Å². The molecule has 5 nitrogen and oxygen atoms in total. The molecule has 1 aromatic heterocycles. The molecule has 0 fully saturated rings. The van der Waals surface area contributed by atoms with E-state index >= 15 is 0 Å². The van der Waals surface area contributed by atoms with Gasteiger partial charge in [0.1, 0.15) is 6.33 Å². The average Bonchev–Trinajstić information content (AvgIpc) is 2.86. The molecule has 1 aromatic carbocycles. The smallest absolute Gasteiger partial charge is 0.230 e. The van der Waals surface area contributed by atoms with E-state index in [0.29, 0.717) is 10.2 Å². The zero-order valence-corrected chi connectivity index (χ0v) is 14.6. The number of benzene rings is 1. The molecule has 1 N–H and O–H groups in total. The van der Waals surface area contributed by atoms with Crippen LogP contribution >= 0.6 is 23.4 Å². The monoisotopic (exact) mass is 338 g/mol. The Morgan fingerprint density at radius 2 is 2.14 bits per heavy atom. The first kappa shape index (κ1) is 16.8. The maximum absolute atomic E-state index is 11.9. The van der Waals surface area contributed by atoms with Gasteiger partial charge in [-0.2, -0.15) is 0 Å². The molecule has 7 heteroatoms. The van der Waals surface area contributed by atoms with Crippen molar-refractivity contribution in [3.63, 3.8) is 0 Å².